The average Bonchev–Trinajstić information content (AvgIpc) is 2.76. The Balaban J connectivity index is 1.83. The van der Waals surface area contributed by atoms with Crippen LogP contribution >= 0.6 is 11.6 Å². The SMILES string of the molecule is Cc1nn(C)c(NC2CCC(N)CC2N)c1C1CCC(F)CC1Cl. The summed E-state index contributed by atoms with van der Waals surface area (Å²) in [5.74, 6) is 1.12. The van der Waals surface area contributed by atoms with Gasteiger partial charge in [-0.2, -0.15) is 5.10 Å². The molecule has 0 saturated heterocycles. The summed E-state index contributed by atoms with van der Waals surface area (Å²) in [6.07, 6.45) is 3.71. The van der Waals surface area contributed by atoms with Crippen molar-refractivity contribution in [2.75, 3.05) is 5.32 Å². The van der Waals surface area contributed by atoms with E-state index in [9.17, 15) is 4.39 Å². The first kappa shape index (κ1) is 18.0. The van der Waals surface area contributed by atoms with Crippen LogP contribution < -0.4 is 16.8 Å². The number of aromatic nitrogens is 2. The average molecular weight is 358 g/mol. The number of alkyl halides is 2. The maximum atomic E-state index is 13.6. The minimum Gasteiger partial charge on any atom is -0.366 e. The maximum Gasteiger partial charge on any atom is 0.128 e. The molecule has 2 fully saturated rings. The molecule has 6 atom stereocenters. The van der Waals surface area contributed by atoms with Crippen molar-refractivity contribution in [1.29, 1.82) is 0 Å². The third kappa shape index (κ3) is 3.55. The molecule has 5 nitrogen and oxygen atoms in total. The van der Waals surface area contributed by atoms with Crippen LogP contribution in [0, 0.1) is 6.92 Å². The maximum absolute atomic E-state index is 13.6. The zero-order chi connectivity index (χ0) is 17.4. The number of halogens is 2. The van der Waals surface area contributed by atoms with Crippen LogP contribution in [0.3, 0.4) is 0 Å². The molecule has 2 aliphatic rings. The second-order valence-electron chi connectivity index (χ2n) is 7.49. The monoisotopic (exact) mass is 357 g/mol. The van der Waals surface area contributed by atoms with E-state index in [0.29, 0.717) is 12.8 Å². The van der Waals surface area contributed by atoms with Gasteiger partial charge in [0.05, 0.1) is 5.69 Å². The normalized spacial score (nSPS) is 37.4. The molecule has 1 aromatic heterocycles. The van der Waals surface area contributed by atoms with Gasteiger partial charge in [-0.15, -0.1) is 11.6 Å². The molecular formula is C17H29ClFN5. The van der Waals surface area contributed by atoms with Gasteiger partial charge in [0, 0.05) is 42.0 Å². The van der Waals surface area contributed by atoms with E-state index in [-0.39, 0.29) is 29.4 Å². The Hall–Kier alpha value is -0.850. The smallest absolute Gasteiger partial charge is 0.128 e. The van der Waals surface area contributed by atoms with E-state index < -0.39 is 6.17 Å². The van der Waals surface area contributed by atoms with Gasteiger partial charge in [0.25, 0.3) is 0 Å². The largest absolute Gasteiger partial charge is 0.366 e. The van der Waals surface area contributed by atoms with Crippen molar-refractivity contribution in [1.82, 2.24) is 9.78 Å². The molecule has 2 saturated carbocycles. The van der Waals surface area contributed by atoms with Crippen LogP contribution in [-0.4, -0.2) is 39.5 Å². The van der Waals surface area contributed by atoms with Gasteiger partial charge in [0.1, 0.15) is 12.0 Å². The molecule has 7 heteroatoms. The molecule has 0 aliphatic heterocycles. The summed E-state index contributed by atoms with van der Waals surface area (Å²) in [5.41, 5.74) is 14.4. The topological polar surface area (TPSA) is 81.9 Å². The molecule has 6 unspecified atom stereocenters. The summed E-state index contributed by atoms with van der Waals surface area (Å²) < 4.78 is 15.5. The van der Waals surface area contributed by atoms with E-state index in [1.807, 2.05) is 18.7 Å². The van der Waals surface area contributed by atoms with Crippen molar-refractivity contribution >= 4 is 17.4 Å². The van der Waals surface area contributed by atoms with Crippen LogP contribution in [0.4, 0.5) is 10.2 Å². The number of nitrogens with zero attached hydrogens (tertiary/aromatic N) is 2. The van der Waals surface area contributed by atoms with Crippen molar-refractivity contribution in [3.05, 3.63) is 11.3 Å². The number of rotatable bonds is 3. The summed E-state index contributed by atoms with van der Waals surface area (Å²) in [6.45, 7) is 2.00. The van der Waals surface area contributed by atoms with E-state index in [1.165, 1.54) is 0 Å². The van der Waals surface area contributed by atoms with Crippen LogP contribution in [0.25, 0.3) is 0 Å². The number of anilines is 1. The van der Waals surface area contributed by atoms with Crippen LogP contribution in [0.15, 0.2) is 0 Å². The van der Waals surface area contributed by atoms with Gasteiger partial charge in [-0.3, -0.25) is 4.68 Å². The fraction of sp³-hybridized carbons (Fsp3) is 0.824. The fourth-order valence-electron chi connectivity index (χ4n) is 4.28. The molecule has 0 radical (unpaired) electrons. The van der Waals surface area contributed by atoms with Gasteiger partial charge in [0.15, 0.2) is 0 Å². The predicted molar refractivity (Wildman–Crippen MR) is 96.3 cm³/mol. The van der Waals surface area contributed by atoms with Crippen molar-refractivity contribution < 1.29 is 4.39 Å². The van der Waals surface area contributed by atoms with E-state index in [2.05, 4.69) is 10.4 Å². The van der Waals surface area contributed by atoms with E-state index in [0.717, 1.165) is 42.8 Å². The summed E-state index contributed by atoms with van der Waals surface area (Å²) in [7, 11) is 1.93. The third-order valence-electron chi connectivity index (χ3n) is 5.61. The first-order chi connectivity index (χ1) is 11.4. The number of nitrogens with two attached hydrogens (primary N) is 2. The number of hydrogen-bond acceptors (Lipinski definition) is 4. The molecule has 0 bridgehead atoms. The highest BCUT2D eigenvalue weighted by atomic mass is 35.5. The lowest BCUT2D eigenvalue weighted by atomic mass is 9.82. The lowest BCUT2D eigenvalue weighted by Gasteiger charge is -2.35. The number of hydrogen-bond donors (Lipinski definition) is 3. The molecule has 5 N–H and O–H groups in total. The molecule has 136 valence electrons. The van der Waals surface area contributed by atoms with Gasteiger partial charge in [-0.25, -0.2) is 4.39 Å². The number of aryl methyl sites for hydroxylation is 2. The highest BCUT2D eigenvalue weighted by Crippen LogP contribution is 2.42. The second kappa shape index (κ2) is 7.18. The molecule has 0 amide bonds. The summed E-state index contributed by atoms with van der Waals surface area (Å²) in [4.78, 5) is 0. The van der Waals surface area contributed by atoms with Crippen LogP contribution in [-0.2, 0) is 7.05 Å². The Labute approximate surface area is 148 Å². The lowest BCUT2D eigenvalue weighted by Crippen LogP contribution is -2.49. The van der Waals surface area contributed by atoms with Gasteiger partial charge >= 0.3 is 0 Å². The minimum absolute atomic E-state index is 0.0326. The lowest BCUT2D eigenvalue weighted by molar-refractivity contribution is 0.238. The van der Waals surface area contributed by atoms with Crippen LogP contribution in [0.2, 0.25) is 0 Å². The minimum atomic E-state index is -0.787. The predicted octanol–water partition coefficient (Wildman–Crippen LogP) is 2.56. The van der Waals surface area contributed by atoms with Gasteiger partial charge < -0.3 is 16.8 Å². The van der Waals surface area contributed by atoms with Gasteiger partial charge in [-0.05, 0) is 45.4 Å². The zero-order valence-corrected chi connectivity index (χ0v) is 15.3. The van der Waals surface area contributed by atoms with Crippen molar-refractivity contribution in [3.8, 4) is 0 Å². The Kier molecular flexibility index (Phi) is 5.37. The van der Waals surface area contributed by atoms with Gasteiger partial charge in [-0.1, -0.05) is 0 Å². The zero-order valence-electron chi connectivity index (χ0n) is 14.5. The molecular weight excluding hydrogens is 329 g/mol. The fourth-order valence-corrected chi connectivity index (χ4v) is 4.72. The molecule has 1 heterocycles. The Morgan fingerprint density at radius 2 is 1.96 bits per heavy atom. The Morgan fingerprint density at radius 3 is 2.62 bits per heavy atom. The first-order valence-corrected chi connectivity index (χ1v) is 9.39. The van der Waals surface area contributed by atoms with Crippen LogP contribution in [0.5, 0.6) is 0 Å². The van der Waals surface area contributed by atoms with E-state index >= 15 is 0 Å². The van der Waals surface area contributed by atoms with Gasteiger partial charge in [0.2, 0.25) is 0 Å². The van der Waals surface area contributed by atoms with E-state index in [1.54, 1.807) is 0 Å². The highest BCUT2D eigenvalue weighted by molar-refractivity contribution is 6.21. The molecule has 1 aromatic rings. The van der Waals surface area contributed by atoms with Crippen molar-refractivity contribution in [3.63, 3.8) is 0 Å². The highest BCUT2D eigenvalue weighted by Gasteiger charge is 2.35. The molecule has 3 rings (SSSR count). The van der Waals surface area contributed by atoms with Crippen molar-refractivity contribution in [2.45, 2.75) is 81.0 Å². The summed E-state index contributed by atoms with van der Waals surface area (Å²) in [5, 5.41) is 8.00. The van der Waals surface area contributed by atoms with E-state index in [4.69, 9.17) is 23.1 Å². The quantitative estimate of drug-likeness (QED) is 0.726. The molecule has 0 aromatic carbocycles. The Morgan fingerprint density at radius 1 is 1.21 bits per heavy atom. The van der Waals surface area contributed by atoms with Crippen LogP contribution in [0.1, 0.15) is 55.7 Å². The summed E-state index contributed by atoms with van der Waals surface area (Å²) >= 11 is 6.51. The van der Waals surface area contributed by atoms with Crippen molar-refractivity contribution in [2.24, 2.45) is 18.5 Å². The standard InChI is InChI=1S/C17H29ClFN5/c1-9-16(12-5-3-10(19)7-13(12)18)17(24(2)23-9)22-15-6-4-11(20)8-14(15)21/h10-15,22H,3-8,20-21H2,1-2H3. The number of nitrogens with one attached hydrogen (secondary N) is 1. The molecule has 0 spiro atoms. The Bertz CT molecular complexity index is 578. The second-order valence-corrected chi connectivity index (χ2v) is 8.05. The molecule has 24 heavy (non-hydrogen) atoms. The molecule has 2 aliphatic carbocycles. The summed E-state index contributed by atoms with van der Waals surface area (Å²) in [6, 6.07) is 0.410. The third-order valence-corrected chi connectivity index (χ3v) is 6.09. The first-order valence-electron chi connectivity index (χ1n) is 8.96.